The van der Waals surface area contributed by atoms with Crippen molar-refractivity contribution in [2.75, 3.05) is 0 Å². The van der Waals surface area contributed by atoms with Crippen LogP contribution in [0.4, 0.5) is 0 Å². The van der Waals surface area contributed by atoms with E-state index in [0.29, 0.717) is 5.92 Å². The molecule has 28 heavy (non-hydrogen) atoms. The summed E-state index contributed by atoms with van der Waals surface area (Å²) in [6.45, 7) is 4.65. The van der Waals surface area contributed by atoms with Gasteiger partial charge in [0, 0.05) is 29.7 Å². The van der Waals surface area contributed by atoms with Crippen LogP contribution in [0.5, 0.6) is 0 Å². The maximum Gasteiger partial charge on any atom is 0.0494 e. The molecule has 0 aliphatic heterocycles. The minimum Gasteiger partial charge on any atom is -0.261 e. The zero-order chi connectivity index (χ0) is 18.5. The number of hydrogen-bond donors (Lipinski definition) is 0. The standard InChI is InChI=1S/C24H36N2.2HI/c1-21(2)15-9-7-5-3-4-6-8-10-16-22(23-17-11-13-19-25-23)24-18-12-14-20-26-24;;/h11-14,17-22H,3-10,15-16H2,1-2H3;2*1H. The van der Waals surface area contributed by atoms with E-state index in [1.807, 2.05) is 24.5 Å². The molecule has 2 rings (SSSR count). The molecular formula is C24H38I2N2. The van der Waals surface area contributed by atoms with Gasteiger partial charge < -0.3 is 0 Å². The van der Waals surface area contributed by atoms with Gasteiger partial charge in [0.1, 0.15) is 0 Å². The van der Waals surface area contributed by atoms with Crippen molar-refractivity contribution in [1.29, 1.82) is 0 Å². The second-order valence-corrected chi connectivity index (χ2v) is 7.86. The van der Waals surface area contributed by atoms with E-state index in [1.54, 1.807) is 0 Å². The Bertz CT molecular complexity index is 536. The van der Waals surface area contributed by atoms with E-state index in [9.17, 15) is 0 Å². The van der Waals surface area contributed by atoms with Crippen molar-refractivity contribution in [2.45, 2.75) is 84.0 Å². The Kier molecular flexibility index (Phi) is 17.5. The van der Waals surface area contributed by atoms with E-state index in [1.165, 1.54) is 57.8 Å². The van der Waals surface area contributed by atoms with E-state index in [0.717, 1.165) is 23.7 Å². The van der Waals surface area contributed by atoms with Crippen molar-refractivity contribution < 1.29 is 0 Å². The first-order valence-corrected chi connectivity index (χ1v) is 10.6. The quantitative estimate of drug-likeness (QED) is 0.169. The predicted molar refractivity (Wildman–Crippen MR) is 142 cm³/mol. The van der Waals surface area contributed by atoms with Crippen LogP contribution < -0.4 is 0 Å². The SMILES string of the molecule is CC(C)CCCCCCCCCCC(c1ccccn1)c1ccccn1.I.I. The topological polar surface area (TPSA) is 25.8 Å². The summed E-state index contributed by atoms with van der Waals surface area (Å²) in [5.41, 5.74) is 2.30. The van der Waals surface area contributed by atoms with Gasteiger partial charge in [-0.2, -0.15) is 0 Å². The maximum absolute atomic E-state index is 4.58. The van der Waals surface area contributed by atoms with Gasteiger partial charge in [-0.05, 0) is 36.6 Å². The highest BCUT2D eigenvalue weighted by molar-refractivity contribution is 14.0. The number of hydrogen-bond acceptors (Lipinski definition) is 2. The molecular weight excluding hydrogens is 570 g/mol. The van der Waals surface area contributed by atoms with Crippen molar-refractivity contribution in [3.05, 3.63) is 60.2 Å². The minimum absolute atomic E-state index is 0. The molecule has 0 saturated carbocycles. The molecule has 2 heterocycles. The predicted octanol–water partition coefficient (Wildman–Crippen LogP) is 8.40. The van der Waals surface area contributed by atoms with E-state index >= 15 is 0 Å². The molecule has 0 radical (unpaired) electrons. The zero-order valence-corrected chi connectivity index (χ0v) is 22.2. The molecule has 0 spiro atoms. The summed E-state index contributed by atoms with van der Waals surface area (Å²) in [5.74, 6) is 1.19. The van der Waals surface area contributed by atoms with Gasteiger partial charge in [0.2, 0.25) is 0 Å². The Labute approximate surface area is 206 Å². The van der Waals surface area contributed by atoms with Crippen LogP contribution in [0.25, 0.3) is 0 Å². The summed E-state index contributed by atoms with van der Waals surface area (Å²) in [6, 6.07) is 12.4. The molecule has 158 valence electrons. The number of unbranched alkanes of at least 4 members (excludes halogenated alkanes) is 7. The Morgan fingerprint density at radius 3 is 1.43 bits per heavy atom. The first-order valence-electron chi connectivity index (χ1n) is 10.6. The van der Waals surface area contributed by atoms with Crippen LogP contribution in [0, 0.1) is 5.92 Å². The van der Waals surface area contributed by atoms with E-state index in [2.05, 4.69) is 48.1 Å². The molecule has 2 nitrogen and oxygen atoms in total. The molecule has 4 heteroatoms. The highest BCUT2D eigenvalue weighted by Gasteiger charge is 2.15. The molecule has 0 atom stereocenters. The largest absolute Gasteiger partial charge is 0.261 e. The summed E-state index contributed by atoms with van der Waals surface area (Å²) < 4.78 is 0. The second-order valence-electron chi connectivity index (χ2n) is 7.86. The number of rotatable bonds is 13. The molecule has 0 bridgehead atoms. The highest BCUT2D eigenvalue weighted by atomic mass is 127. The minimum atomic E-state index is 0. The lowest BCUT2D eigenvalue weighted by Crippen LogP contribution is -2.05. The molecule has 2 aromatic heterocycles. The van der Waals surface area contributed by atoms with Gasteiger partial charge in [0.15, 0.2) is 0 Å². The highest BCUT2D eigenvalue weighted by Crippen LogP contribution is 2.27. The van der Waals surface area contributed by atoms with Crippen molar-refractivity contribution in [2.24, 2.45) is 5.92 Å². The van der Waals surface area contributed by atoms with Crippen LogP contribution in [-0.2, 0) is 0 Å². The molecule has 0 aliphatic rings. The van der Waals surface area contributed by atoms with Crippen LogP contribution in [-0.4, -0.2) is 9.97 Å². The van der Waals surface area contributed by atoms with Crippen molar-refractivity contribution in [3.63, 3.8) is 0 Å². The smallest absolute Gasteiger partial charge is 0.0494 e. The molecule has 2 aromatic rings. The number of nitrogens with zero attached hydrogens (tertiary/aromatic N) is 2. The van der Waals surface area contributed by atoms with Crippen LogP contribution in [0.15, 0.2) is 48.8 Å². The van der Waals surface area contributed by atoms with E-state index in [-0.39, 0.29) is 48.0 Å². The third-order valence-electron chi connectivity index (χ3n) is 5.11. The average Bonchev–Trinajstić information content (AvgIpc) is 2.67. The summed E-state index contributed by atoms with van der Waals surface area (Å²) >= 11 is 0. The van der Waals surface area contributed by atoms with Gasteiger partial charge in [-0.1, -0.05) is 83.8 Å². The zero-order valence-electron chi connectivity index (χ0n) is 17.6. The fraction of sp³-hybridized carbons (Fsp3) is 0.583. The summed E-state index contributed by atoms with van der Waals surface area (Å²) in [5, 5.41) is 0. The molecule has 0 aromatic carbocycles. The summed E-state index contributed by atoms with van der Waals surface area (Å²) in [6.07, 6.45) is 17.3. The number of aromatic nitrogens is 2. The monoisotopic (exact) mass is 608 g/mol. The normalized spacial score (nSPS) is 10.6. The van der Waals surface area contributed by atoms with E-state index in [4.69, 9.17) is 0 Å². The van der Waals surface area contributed by atoms with Gasteiger partial charge >= 0.3 is 0 Å². The Morgan fingerprint density at radius 1 is 0.607 bits per heavy atom. The maximum atomic E-state index is 4.58. The number of halogens is 2. The summed E-state index contributed by atoms with van der Waals surface area (Å²) in [7, 11) is 0. The van der Waals surface area contributed by atoms with Crippen molar-refractivity contribution >= 4 is 48.0 Å². The Morgan fingerprint density at radius 2 is 1.04 bits per heavy atom. The second kappa shape index (κ2) is 17.6. The number of pyridine rings is 2. The van der Waals surface area contributed by atoms with Gasteiger partial charge in [-0.25, -0.2) is 0 Å². The molecule has 0 amide bonds. The Balaban J connectivity index is 0.00000364. The lowest BCUT2D eigenvalue weighted by atomic mass is 9.93. The first kappa shape index (κ1) is 27.8. The van der Waals surface area contributed by atoms with Crippen molar-refractivity contribution in [1.82, 2.24) is 9.97 Å². The third-order valence-corrected chi connectivity index (χ3v) is 5.11. The van der Waals surface area contributed by atoms with Crippen LogP contribution in [0.2, 0.25) is 0 Å². The van der Waals surface area contributed by atoms with Crippen LogP contribution >= 0.6 is 48.0 Å². The molecule has 0 aliphatic carbocycles. The van der Waals surface area contributed by atoms with Crippen LogP contribution in [0.3, 0.4) is 0 Å². The molecule has 0 unspecified atom stereocenters. The molecule has 0 N–H and O–H groups in total. The van der Waals surface area contributed by atoms with Crippen LogP contribution in [0.1, 0.15) is 95.4 Å². The first-order chi connectivity index (χ1) is 12.8. The fourth-order valence-electron chi connectivity index (χ4n) is 3.57. The van der Waals surface area contributed by atoms with Gasteiger partial charge in [0.25, 0.3) is 0 Å². The summed E-state index contributed by atoms with van der Waals surface area (Å²) in [4.78, 5) is 9.17. The van der Waals surface area contributed by atoms with Gasteiger partial charge in [0.05, 0.1) is 0 Å². The van der Waals surface area contributed by atoms with E-state index < -0.39 is 0 Å². The fourth-order valence-corrected chi connectivity index (χ4v) is 3.57. The lowest BCUT2D eigenvalue weighted by molar-refractivity contribution is 0.503. The van der Waals surface area contributed by atoms with Gasteiger partial charge in [-0.15, -0.1) is 48.0 Å². The average molecular weight is 608 g/mol. The molecule has 0 fully saturated rings. The Hall–Kier alpha value is -0.240. The lowest BCUT2D eigenvalue weighted by Gasteiger charge is -2.16. The van der Waals surface area contributed by atoms with Crippen molar-refractivity contribution in [3.8, 4) is 0 Å². The third kappa shape index (κ3) is 11.7. The van der Waals surface area contributed by atoms with Gasteiger partial charge in [-0.3, -0.25) is 9.97 Å². The molecule has 0 saturated heterocycles.